The molecule has 4 nitrogen and oxygen atoms in total. The van der Waals surface area contributed by atoms with Gasteiger partial charge in [-0.15, -0.1) is 0 Å². The van der Waals surface area contributed by atoms with E-state index in [1.807, 2.05) is 6.92 Å². The van der Waals surface area contributed by atoms with E-state index in [4.69, 9.17) is 10.3 Å². The Morgan fingerprint density at radius 1 is 1.14 bits per heavy atom. The molecule has 4 aliphatic rings. The molecule has 0 aliphatic heterocycles. The smallest absolute Gasteiger partial charge is 0.265 e. The summed E-state index contributed by atoms with van der Waals surface area (Å²) in [7, 11) is -3.95. The van der Waals surface area contributed by atoms with Crippen molar-refractivity contribution in [2.75, 3.05) is 5.75 Å². The van der Waals surface area contributed by atoms with E-state index in [2.05, 4.69) is 13.8 Å². The lowest BCUT2D eigenvalue weighted by Crippen LogP contribution is -2.62. The summed E-state index contributed by atoms with van der Waals surface area (Å²) in [5.74, 6) is 0.345. The summed E-state index contributed by atoms with van der Waals surface area (Å²) in [6.07, 6.45) is 7.31. The molecular weight excluding hydrogens is 286 g/mol. The van der Waals surface area contributed by atoms with Gasteiger partial charge in [0.1, 0.15) is 0 Å². The fourth-order valence-electron chi connectivity index (χ4n) is 6.95. The second-order valence-electron chi connectivity index (χ2n) is 9.24. The molecule has 122 valence electrons. The van der Waals surface area contributed by atoms with Gasteiger partial charge in [0.25, 0.3) is 10.1 Å². The molecule has 0 saturated heterocycles. The highest BCUT2D eigenvalue weighted by Gasteiger charge is 2.62. The summed E-state index contributed by atoms with van der Waals surface area (Å²) in [6, 6.07) is -0.138. The zero-order chi connectivity index (χ0) is 15.7. The van der Waals surface area contributed by atoms with Crippen molar-refractivity contribution in [3.63, 3.8) is 0 Å². The standard InChI is InChI=1S/C16H29NO3S/c1-11(7-21(18,19)20)13(17)16-6-12-4-14(2,9-16)8-15(3,5-12)10-16/h11-13H,4-10,17H2,1-3H3,(H,18,19,20). The summed E-state index contributed by atoms with van der Waals surface area (Å²) < 4.78 is 31.5. The van der Waals surface area contributed by atoms with Crippen molar-refractivity contribution in [1.29, 1.82) is 0 Å². The van der Waals surface area contributed by atoms with Gasteiger partial charge in [-0.1, -0.05) is 20.8 Å². The fourth-order valence-corrected chi connectivity index (χ4v) is 7.82. The molecule has 0 aromatic carbocycles. The Morgan fingerprint density at radius 3 is 2.10 bits per heavy atom. The maximum atomic E-state index is 11.2. The molecule has 0 heterocycles. The zero-order valence-electron chi connectivity index (χ0n) is 13.4. The molecule has 4 atom stereocenters. The Balaban J connectivity index is 1.87. The van der Waals surface area contributed by atoms with Crippen LogP contribution in [0.1, 0.15) is 59.3 Å². The third kappa shape index (κ3) is 2.77. The summed E-state index contributed by atoms with van der Waals surface area (Å²) in [5.41, 5.74) is 7.40. The fraction of sp³-hybridized carbons (Fsp3) is 1.00. The van der Waals surface area contributed by atoms with E-state index in [0.29, 0.717) is 10.8 Å². The van der Waals surface area contributed by atoms with Crippen LogP contribution in [-0.2, 0) is 10.1 Å². The predicted octanol–water partition coefficient (Wildman–Crippen LogP) is 2.83. The largest absolute Gasteiger partial charge is 0.327 e. The highest BCUT2D eigenvalue weighted by molar-refractivity contribution is 7.85. The second kappa shape index (κ2) is 4.45. The van der Waals surface area contributed by atoms with Crippen molar-refractivity contribution in [2.45, 2.75) is 65.3 Å². The summed E-state index contributed by atoms with van der Waals surface area (Å²) >= 11 is 0. The normalized spacial score (nSPS) is 48.3. The van der Waals surface area contributed by atoms with E-state index >= 15 is 0 Å². The molecule has 4 unspecified atom stereocenters. The molecule has 0 amide bonds. The van der Waals surface area contributed by atoms with Crippen LogP contribution in [0.5, 0.6) is 0 Å². The number of nitrogens with two attached hydrogens (primary N) is 1. The Hall–Kier alpha value is -0.130. The van der Waals surface area contributed by atoms with E-state index < -0.39 is 10.1 Å². The Labute approximate surface area is 128 Å². The third-order valence-electron chi connectivity index (χ3n) is 6.46. The number of hydrogen-bond acceptors (Lipinski definition) is 3. The lowest BCUT2D eigenvalue weighted by molar-refractivity contribution is -0.157. The van der Waals surface area contributed by atoms with E-state index in [1.165, 1.54) is 19.3 Å². The van der Waals surface area contributed by atoms with Crippen LogP contribution in [0.3, 0.4) is 0 Å². The molecule has 3 N–H and O–H groups in total. The van der Waals surface area contributed by atoms with Crippen molar-refractivity contribution < 1.29 is 13.0 Å². The van der Waals surface area contributed by atoms with Gasteiger partial charge in [0.05, 0.1) is 5.75 Å². The van der Waals surface area contributed by atoms with Gasteiger partial charge in [-0.3, -0.25) is 4.55 Å². The summed E-state index contributed by atoms with van der Waals surface area (Å²) in [5, 5.41) is 0. The Bertz CT molecular complexity index is 526. The maximum absolute atomic E-state index is 11.2. The second-order valence-corrected chi connectivity index (χ2v) is 10.7. The third-order valence-corrected chi connectivity index (χ3v) is 7.41. The van der Waals surface area contributed by atoms with Crippen molar-refractivity contribution in [2.24, 2.45) is 33.8 Å². The molecule has 4 rings (SSSR count). The first kappa shape index (κ1) is 15.8. The van der Waals surface area contributed by atoms with Crippen LogP contribution in [0.2, 0.25) is 0 Å². The van der Waals surface area contributed by atoms with E-state index in [1.54, 1.807) is 0 Å². The molecule has 0 radical (unpaired) electrons. The topological polar surface area (TPSA) is 80.4 Å². The lowest BCUT2D eigenvalue weighted by atomic mass is 9.38. The Morgan fingerprint density at radius 2 is 1.67 bits per heavy atom. The monoisotopic (exact) mass is 315 g/mol. The average Bonchev–Trinajstić information content (AvgIpc) is 2.20. The molecule has 21 heavy (non-hydrogen) atoms. The molecule has 0 spiro atoms. The van der Waals surface area contributed by atoms with Gasteiger partial charge in [-0.25, -0.2) is 0 Å². The minimum Gasteiger partial charge on any atom is -0.327 e. The molecule has 5 heteroatoms. The van der Waals surface area contributed by atoms with E-state index in [0.717, 1.165) is 25.2 Å². The maximum Gasteiger partial charge on any atom is 0.265 e. The van der Waals surface area contributed by atoms with Crippen LogP contribution >= 0.6 is 0 Å². The van der Waals surface area contributed by atoms with E-state index in [9.17, 15) is 8.42 Å². The van der Waals surface area contributed by atoms with Gasteiger partial charge in [0.2, 0.25) is 0 Å². The van der Waals surface area contributed by atoms with Crippen molar-refractivity contribution >= 4 is 10.1 Å². The highest BCUT2D eigenvalue weighted by atomic mass is 32.2. The van der Waals surface area contributed by atoms with Crippen LogP contribution in [0.15, 0.2) is 0 Å². The van der Waals surface area contributed by atoms with Crippen LogP contribution in [0, 0.1) is 28.1 Å². The van der Waals surface area contributed by atoms with Gasteiger partial charge >= 0.3 is 0 Å². The SMILES string of the molecule is CC(CS(=O)(=O)O)C(N)C12CC3CC(C)(CC(C)(C3)C1)C2. The molecular formula is C16H29NO3S. The van der Waals surface area contributed by atoms with Gasteiger partial charge in [-0.05, 0) is 66.6 Å². The molecule has 4 fully saturated rings. The first-order chi connectivity index (χ1) is 9.45. The number of hydrogen-bond donors (Lipinski definition) is 2. The van der Waals surface area contributed by atoms with Gasteiger partial charge in [0, 0.05) is 6.04 Å². The summed E-state index contributed by atoms with van der Waals surface area (Å²) in [6.45, 7) is 6.66. The van der Waals surface area contributed by atoms with Crippen molar-refractivity contribution in [1.82, 2.24) is 0 Å². The van der Waals surface area contributed by atoms with Gasteiger partial charge < -0.3 is 5.73 Å². The van der Waals surface area contributed by atoms with E-state index in [-0.39, 0.29) is 23.1 Å². The summed E-state index contributed by atoms with van der Waals surface area (Å²) in [4.78, 5) is 0. The Kier molecular flexibility index (Phi) is 3.34. The van der Waals surface area contributed by atoms with Crippen LogP contribution in [0.4, 0.5) is 0 Å². The lowest BCUT2D eigenvalue weighted by Gasteiger charge is -2.67. The van der Waals surface area contributed by atoms with Crippen molar-refractivity contribution in [3.8, 4) is 0 Å². The zero-order valence-corrected chi connectivity index (χ0v) is 14.2. The highest BCUT2D eigenvalue weighted by Crippen LogP contribution is 2.70. The quantitative estimate of drug-likeness (QED) is 0.782. The first-order valence-electron chi connectivity index (χ1n) is 8.15. The molecule has 4 aliphatic carbocycles. The van der Waals surface area contributed by atoms with Crippen LogP contribution in [-0.4, -0.2) is 24.8 Å². The van der Waals surface area contributed by atoms with Gasteiger partial charge in [0.15, 0.2) is 0 Å². The molecule has 4 bridgehead atoms. The first-order valence-corrected chi connectivity index (χ1v) is 9.76. The van der Waals surface area contributed by atoms with Crippen LogP contribution < -0.4 is 5.73 Å². The molecule has 0 aromatic heterocycles. The minimum absolute atomic E-state index is 0.0764. The molecule has 4 saturated carbocycles. The van der Waals surface area contributed by atoms with Gasteiger partial charge in [-0.2, -0.15) is 8.42 Å². The predicted molar refractivity (Wildman–Crippen MR) is 83.4 cm³/mol. The minimum atomic E-state index is -3.95. The van der Waals surface area contributed by atoms with Crippen LogP contribution in [0.25, 0.3) is 0 Å². The van der Waals surface area contributed by atoms with Crippen molar-refractivity contribution in [3.05, 3.63) is 0 Å². The number of rotatable bonds is 4. The average molecular weight is 315 g/mol. The molecule has 0 aromatic rings.